The molecule has 1 atom stereocenters. The molecule has 0 aromatic carbocycles. The van der Waals surface area contributed by atoms with E-state index in [0.717, 1.165) is 10.2 Å². The summed E-state index contributed by atoms with van der Waals surface area (Å²) >= 11 is 0. The molecule has 9 heteroatoms. The average Bonchev–Trinajstić information content (AvgIpc) is 2.39. The summed E-state index contributed by atoms with van der Waals surface area (Å²) in [6.07, 6.45) is 0. The van der Waals surface area contributed by atoms with E-state index < -0.39 is 17.6 Å². The molecule has 6 nitrogen and oxygen atoms in total. The Bertz CT molecular complexity index is 193. The Kier molecular flexibility index (Phi) is 7.95. The zero-order valence-electron chi connectivity index (χ0n) is 11.7. The summed E-state index contributed by atoms with van der Waals surface area (Å²) in [5.41, 5.74) is 0. The maximum absolute atomic E-state index is 5.46. The van der Waals surface area contributed by atoms with Gasteiger partial charge in [-0.15, -0.1) is 0 Å². The van der Waals surface area contributed by atoms with Gasteiger partial charge in [-0.05, 0) is 0 Å². The van der Waals surface area contributed by atoms with Crippen molar-refractivity contribution in [1.82, 2.24) is 0 Å². The van der Waals surface area contributed by atoms with Crippen LogP contribution in [0.5, 0.6) is 0 Å². The van der Waals surface area contributed by atoms with E-state index in [0.29, 0.717) is 6.04 Å². The Morgan fingerprint density at radius 1 is 0.765 bits per heavy atom. The third-order valence-electron chi connectivity index (χ3n) is 2.95. The van der Waals surface area contributed by atoms with Crippen LogP contribution in [-0.4, -0.2) is 70.5 Å². The minimum atomic E-state index is -2.62. The van der Waals surface area contributed by atoms with Gasteiger partial charge in [0.2, 0.25) is 0 Å². The van der Waals surface area contributed by atoms with Gasteiger partial charge in [0, 0.05) is 64.1 Å². The van der Waals surface area contributed by atoms with Crippen molar-refractivity contribution in [2.45, 2.75) is 11.2 Å². The predicted molar refractivity (Wildman–Crippen MR) is 72.1 cm³/mol. The standard InChI is InChI=1S/C8H24O6Si3/c1-9-16(10-2,11-3)7-8(15)17(12-4,13-5)14-6/h8H,7H2,1-6,15H3. The summed E-state index contributed by atoms with van der Waals surface area (Å²) < 4.78 is 32.6. The smallest absolute Gasteiger partial charge is 0.377 e. The van der Waals surface area contributed by atoms with Gasteiger partial charge in [-0.3, -0.25) is 0 Å². The van der Waals surface area contributed by atoms with Crippen LogP contribution in [0.25, 0.3) is 0 Å². The van der Waals surface area contributed by atoms with E-state index in [-0.39, 0.29) is 5.16 Å². The van der Waals surface area contributed by atoms with Gasteiger partial charge in [-0.1, -0.05) is 0 Å². The van der Waals surface area contributed by atoms with Crippen LogP contribution < -0.4 is 0 Å². The summed E-state index contributed by atoms with van der Waals surface area (Å²) in [5.74, 6) is 0. The van der Waals surface area contributed by atoms with Gasteiger partial charge >= 0.3 is 17.6 Å². The van der Waals surface area contributed by atoms with Crippen molar-refractivity contribution in [3.63, 3.8) is 0 Å². The molecule has 0 saturated carbocycles. The first kappa shape index (κ1) is 17.4. The third-order valence-corrected chi connectivity index (χ3v) is 12.8. The van der Waals surface area contributed by atoms with Crippen LogP contribution in [0.15, 0.2) is 0 Å². The van der Waals surface area contributed by atoms with Gasteiger partial charge in [-0.25, -0.2) is 0 Å². The lowest BCUT2D eigenvalue weighted by Gasteiger charge is -2.34. The minimum absolute atomic E-state index is 0.161. The molecule has 1 unspecified atom stereocenters. The van der Waals surface area contributed by atoms with E-state index in [1.54, 1.807) is 42.7 Å². The number of rotatable bonds is 9. The second kappa shape index (κ2) is 7.76. The minimum Gasteiger partial charge on any atom is -0.377 e. The van der Waals surface area contributed by atoms with Gasteiger partial charge in [0.15, 0.2) is 0 Å². The average molecular weight is 301 g/mol. The molecule has 0 aliphatic carbocycles. The van der Waals surface area contributed by atoms with Crippen molar-refractivity contribution >= 4 is 27.9 Å². The zero-order valence-corrected chi connectivity index (χ0v) is 15.7. The quantitative estimate of drug-likeness (QED) is 0.532. The van der Waals surface area contributed by atoms with Crippen LogP contribution in [0.4, 0.5) is 0 Å². The molecule has 0 amide bonds. The Balaban J connectivity index is 4.85. The molecule has 0 aromatic heterocycles. The van der Waals surface area contributed by atoms with Crippen LogP contribution in [0.3, 0.4) is 0 Å². The molecule has 0 aliphatic heterocycles. The van der Waals surface area contributed by atoms with Crippen molar-refractivity contribution in [3.05, 3.63) is 0 Å². The van der Waals surface area contributed by atoms with Crippen molar-refractivity contribution in [1.29, 1.82) is 0 Å². The summed E-state index contributed by atoms with van der Waals surface area (Å²) in [6.45, 7) is 0. The first-order chi connectivity index (χ1) is 7.99. The first-order valence-corrected chi connectivity index (χ1v) is 10.2. The molecular formula is C8H24O6Si3. The lowest BCUT2D eigenvalue weighted by molar-refractivity contribution is 0.106. The molecule has 104 valence electrons. The largest absolute Gasteiger partial charge is 0.500 e. The second-order valence-corrected chi connectivity index (χ2v) is 12.6. The molecule has 0 rings (SSSR count). The number of hydrogen-bond donors (Lipinski definition) is 0. The molecule has 17 heavy (non-hydrogen) atoms. The molecule has 0 heterocycles. The molecule has 0 aromatic rings. The molecule has 0 N–H and O–H groups in total. The Morgan fingerprint density at radius 3 is 1.35 bits per heavy atom. The topological polar surface area (TPSA) is 55.4 Å². The summed E-state index contributed by atoms with van der Waals surface area (Å²) in [6, 6.07) is 0.643. The Morgan fingerprint density at radius 2 is 1.12 bits per heavy atom. The SMILES string of the molecule is CO[Si](CC([SiH3])[Si](OC)(OC)OC)(OC)OC. The lowest BCUT2D eigenvalue weighted by atomic mass is 10.9. The molecular weight excluding hydrogens is 276 g/mol. The predicted octanol–water partition coefficient (Wildman–Crippen LogP) is -0.564. The molecule has 0 aliphatic rings. The summed E-state index contributed by atoms with van der Waals surface area (Å²) in [7, 11) is 5.25. The van der Waals surface area contributed by atoms with Crippen LogP contribution in [-0.2, 0) is 26.6 Å². The Labute approximate surface area is 109 Å². The van der Waals surface area contributed by atoms with Gasteiger partial charge < -0.3 is 26.6 Å². The van der Waals surface area contributed by atoms with E-state index >= 15 is 0 Å². The molecule has 0 saturated heterocycles. The maximum atomic E-state index is 5.46. The van der Waals surface area contributed by atoms with Gasteiger partial charge in [0.05, 0.1) is 0 Å². The second-order valence-electron chi connectivity index (χ2n) is 3.62. The van der Waals surface area contributed by atoms with Crippen LogP contribution in [0.2, 0.25) is 11.2 Å². The van der Waals surface area contributed by atoms with Crippen LogP contribution in [0.1, 0.15) is 0 Å². The third kappa shape index (κ3) is 3.94. The van der Waals surface area contributed by atoms with Crippen LogP contribution in [0, 0.1) is 0 Å². The zero-order chi connectivity index (χ0) is 13.5. The fraction of sp³-hybridized carbons (Fsp3) is 1.00. The normalized spacial score (nSPS) is 15.2. The molecule has 0 spiro atoms. The van der Waals surface area contributed by atoms with Gasteiger partial charge in [0.1, 0.15) is 0 Å². The highest BCUT2D eigenvalue weighted by Crippen LogP contribution is 2.30. The van der Waals surface area contributed by atoms with E-state index in [1.165, 1.54) is 0 Å². The lowest BCUT2D eigenvalue weighted by Crippen LogP contribution is -2.53. The first-order valence-electron chi connectivity index (χ1n) is 5.30. The molecule has 0 bridgehead atoms. The van der Waals surface area contributed by atoms with Crippen molar-refractivity contribution < 1.29 is 26.6 Å². The highest BCUT2D eigenvalue weighted by Gasteiger charge is 2.51. The van der Waals surface area contributed by atoms with Gasteiger partial charge in [-0.2, -0.15) is 0 Å². The Hall–Kier alpha value is 0.411. The van der Waals surface area contributed by atoms with Crippen LogP contribution >= 0.6 is 0 Å². The van der Waals surface area contributed by atoms with E-state index in [4.69, 9.17) is 26.6 Å². The van der Waals surface area contributed by atoms with E-state index in [9.17, 15) is 0 Å². The highest BCUT2D eigenvalue weighted by atomic mass is 28.4. The van der Waals surface area contributed by atoms with Crippen molar-refractivity contribution in [2.24, 2.45) is 0 Å². The maximum Gasteiger partial charge on any atom is 0.500 e. The molecule has 0 fully saturated rings. The highest BCUT2D eigenvalue weighted by molar-refractivity contribution is 6.73. The van der Waals surface area contributed by atoms with Gasteiger partial charge in [0.25, 0.3) is 0 Å². The van der Waals surface area contributed by atoms with E-state index in [2.05, 4.69) is 0 Å². The van der Waals surface area contributed by atoms with E-state index in [1.807, 2.05) is 0 Å². The van der Waals surface area contributed by atoms with Crippen molar-refractivity contribution in [2.75, 3.05) is 42.7 Å². The fourth-order valence-electron chi connectivity index (χ4n) is 1.85. The summed E-state index contributed by atoms with van der Waals surface area (Å²) in [4.78, 5) is 0. The fourth-order valence-corrected chi connectivity index (χ4v) is 10.7. The number of hydrogen-bond acceptors (Lipinski definition) is 6. The molecule has 0 radical (unpaired) electrons. The monoisotopic (exact) mass is 300 g/mol. The summed E-state index contributed by atoms with van der Waals surface area (Å²) in [5, 5.41) is 0.161. The van der Waals surface area contributed by atoms with Crippen molar-refractivity contribution in [3.8, 4) is 0 Å².